The van der Waals surface area contributed by atoms with Gasteiger partial charge in [-0.15, -0.1) is 0 Å². The zero-order chi connectivity index (χ0) is 10.8. The van der Waals surface area contributed by atoms with Crippen LogP contribution in [0.15, 0.2) is 18.2 Å². The molecule has 1 atom stereocenters. The summed E-state index contributed by atoms with van der Waals surface area (Å²) in [7, 11) is 0. The second-order valence-electron chi connectivity index (χ2n) is 4.48. The summed E-state index contributed by atoms with van der Waals surface area (Å²) in [5, 5.41) is 3.32. The average Bonchev–Trinajstić information content (AvgIpc) is 3.03. The Balaban J connectivity index is 2.11. The topological polar surface area (TPSA) is 12.0 Å². The van der Waals surface area contributed by atoms with Crippen LogP contribution in [0.25, 0.3) is 0 Å². The van der Waals surface area contributed by atoms with Crippen LogP contribution in [0.3, 0.4) is 0 Å². The quantitative estimate of drug-likeness (QED) is 0.793. The summed E-state index contributed by atoms with van der Waals surface area (Å²) in [6, 6.07) is 5.68. The number of aryl methyl sites for hydroxylation is 1. The van der Waals surface area contributed by atoms with Gasteiger partial charge in [-0.25, -0.2) is 4.39 Å². The minimum absolute atomic E-state index is 0.139. The molecule has 1 nitrogen and oxygen atoms in total. The smallest absolute Gasteiger partial charge is 0.146 e. The number of halogens is 1. The predicted molar refractivity (Wildman–Crippen MR) is 61.6 cm³/mol. The molecule has 0 spiro atoms. The lowest BCUT2D eigenvalue weighted by atomic mass is 10.1. The Bertz CT molecular complexity index is 344. The Morgan fingerprint density at radius 1 is 1.47 bits per heavy atom. The third-order valence-corrected chi connectivity index (χ3v) is 3.09. The molecule has 1 aliphatic rings. The molecular weight excluding hydrogens is 189 g/mol. The van der Waals surface area contributed by atoms with E-state index < -0.39 is 0 Å². The van der Waals surface area contributed by atoms with Crippen molar-refractivity contribution in [2.75, 3.05) is 5.32 Å². The molecule has 0 aromatic heterocycles. The van der Waals surface area contributed by atoms with Crippen molar-refractivity contribution in [1.82, 2.24) is 0 Å². The molecule has 2 rings (SSSR count). The van der Waals surface area contributed by atoms with Crippen LogP contribution in [-0.2, 0) is 0 Å². The number of anilines is 1. The molecule has 2 heteroatoms. The highest BCUT2D eigenvalue weighted by atomic mass is 19.1. The molecule has 0 aliphatic heterocycles. The second-order valence-corrected chi connectivity index (χ2v) is 4.48. The summed E-state index contributed by atoms with van der Waals surface area (Å²) in [5.41, 5.74) is 1.76. The zero-order valence-corrected chi connectivity index (χ0v) is 9.39. The Morgan fingerprint density at radius 2 is 2.20 bits per heavy atom. The van der Waals surface area contributed by atoms with Crippen LogP contribution >= 0.6 is 0 Å². The summed E-state index contributed by atoms with van der Waals surface area (Å²) < 4.78 is 13.5. The molecule has 0 amide bonds. The largest absolute Gasteiger partial charge is 0.380 e. The maximum absolute atomic E-state index is 13.5. The van der Waals surface area contributed by atoms with E-state index in [2.05, 4.69) is 12.2 Å². The molecule has 1 fully saturated rings. The van der Waals surface area contributed by atoms with Crippen LogP contribution < -0.4 is 5.32 Å². The second kappa shape index (κ2) is 4.21. The van der Waals surface area contributed by atoms with E-state index in [4.69, 9.17) is 0 Å². The van der Waals surface area contributed by atoms with Gasteiger partial charge >= 0.3 is 0 Å². The summed E-state index contributed by atoms with van der Waals surface area (Å²) in [5.74, 6) is 0.620. The van der Waals surface area contributed by atoms with Crippen molar-refractivity contribution >= 4 is 5.69 Å². The third-order valence-electron chi connectivity index (χ3n) is 3.09. The van der Waals surface area contributed by atoms with Crippen LogP contribution in [-0.4, -0.2) is 6.04 Å². The number of hydrogen-bond acceptors (Lipinski definition) is 1. The van der Waals surface area contributed by atoms with Crippen molar-refractivity contribution in [2.24, 2.45) is 5.92 Å². The van der Waals surface area contributed by atoms with Gasteiger partial charge in [-0.2, -0.15) is 0 Å². The van der Waals surface area contributed by atoms with E-state index in [-0.39, 0.29) is 5.82 Å². The van der Waals surface area contributed by atoms with Gasteiger partial charge in [0.25, 0.3) is 0 Å². The molecule has 1 aromatic carbocycles. The van der Waals surface area contributed by atoms with E-state index in [1.165, 1.54) is 18.9 Å². The van der Waals surface area contributed by atoms with Crippen LogP contribution in [0.2, 0.25) is 0 Å². The minimum atomic E-state index is -0.139. The Hall–Kier alpha value is -1.05. The number of rotatable bonds is 4. The lowest BCUT2D eigenvalue weighted by molar-refractivity contribution is 0.594. The molecule has 1 aliphatic carbocycles. The van der Waals surface area contributed by atoms with Crippen LogP contribution in [0.1, 0.15) is 31.7 Å². The fourth-order valence-corrected chi connectivity index (χ4v) is 2.00. The number of benzene rings is 1. The standard InChI is InChI=1S/C13H18FN/c1-3-12(10-5-6-10)15-13-8-9(2)4-7-11(13)14/h4,7-8,10,12,15H,3,5-6H2,1-2H3. The van der Waals surface area contributed by atoms with E-state index in [9.17, 15) is 4.39 Å². The molecule has 0 radical (unpaired) electrons. The van der Waals surface area contributed by atoms with Crippen LogP contribution in [0.4, 0.5) is 10.1 Å². The first-order valence-corrected chi connectivity index (χ1v) is 5.73. The molecule has 1 aromatic rings. The first-order chi connectivity index (χ1) is 7.20. The molecule has 82 valence electrons. The van der Waals surface area contributed by atoms with Gasteiger partial charge in [0.15, 0.2) is 0 Å². The molecule has 0 saturated heterocycles. The van der Waals surface area contributed by atoms with Gasteiger partial charge in [0.1, 0.15) is 5.82 Å². The van der Waals surface area contributed by atoms with Gasteiger partial charge < -0.3 is 5.32 Å². The maximum atomic E-state index is 13.5. The van der Waals surface area contributed by atoms with Crippen molar-refractivity contribution in [3.05, 3.63) is 29.6 Å². The average molecular weight is 207 g/mol. The van der Waals surface area contributed by atoms with Crippen molar-refractivity contribution in [3.8, 4) is 0 Å². The Morgan fingerprint density at radius 3 is 2.80 bits per heavy atom. The highest BCUT2D eigenvalue weighted by Gasteiger charge is 2.30. The molecule has 1 unspecified atom stereocenters. The lowest BCUT2D eigenvalue weighted by Gasteiger charge is -2.18. The van der Waals surface area contributed by atoms with Gasteiger partial charge in [0, 0.05) is 6.04 Å². The zero-order valence-electron chi connectivity index (χ0n) is 9.39. The van der Waals surface area contributed by atoms with Gasteiger partial charge in [-0.1, -0.05) is 13.0 Å². The highest BCUT2D eigenvalue weighted by molar-refractivity contribution is 5.48. The predicted octanol–water partition coefficient (Wildman–Crippen LogP) is 3.73. The third kappa shape index (κ3) is 2.49. The van der Waals surface area contributed by atoms with Crippen molar-refractivity contribution < 1.29 is 4.39 Å². The summed E-state index contributed by atoms with van der Waals surface area (Å²) >= 11 is 0. The fourth-order valence-electron chi connectivity index (χ4n) is 2.00. The molecule has 0 bridgehead atoms. The van der Waals surface area contributed by atoms with Crippen LogP contribution in [0.5, 0.6) is 0 Å². The normalized spacial score (nSPS) is 17.5. The van der Waals surface area contributed by atoms with E-state index in [1.54, 1.807) is 6.07 Å². The van der Waals surface area contributed by atoms with Crippen molar-refractivity contribution in [1.29, 1.82) is 0 Å². The van der Waals surface area contributed by atoms with Gasteiger partial charge in [0.2, 0.25) is 0 Å². The summed E-state index contributed by atoms with van der Waals surface area (Å²) in [6.45, 7) is 4.15. The van der Waals surface area contributed by atoms with Crippen molar-refractivity contribution in [3.63, 3.8) is 0 Å². The van der Waals surface area contributed by atoms with E-state index in [0.29, 0.717) is 11.7 Å². The highest BCUT2D eigenvalue weighted by Crippen LogP contribution is 2.36. The minimum Gasteiger partial charge on any atom is -0.380 e. The summed E-state index contributed by atoms with van der Waals surface area (Å²) in [6.07, 6.45) is 3.65. The van der Waals surface area contributed by atoms with Crippen LogP contribution in [0, 0.1) is 18.7 Å². The first kappa shape index (κ1) is 10.5. The monoisotopic (exact) mass is 207 g/mol. The van der Waals surface area contributed by atoms with E-state index >= 15 is 0 Å². The molecule has 1 saturated carbocycles. The van der Waals surface area contributed by atoms with E-state index in [1.807, 2.05) is 13.0 Å². The van der Waals surface area contributed by atoms with Gasteiger partial charge in [-0.05, 0) is 49.8 Å². The molecule has 15 heavy (non-hydrogen) atoms. The Labute approximate surface area is 90.7 Å². The van der Waals surface area contributed by atoms with E-state index in [0.717, 1.165) is 17.9 Å². The SMILES string of the molecule is CCC(Nc1cc(C)ccc1F)C1CC1. The molecule has 1 N–H and O–H groups in total. The molecule has 0 heterocycles. The lowest BCUT2D eigenvalue weighted by Crippen LogP contribution is -2.21. The van der Waals surface area contributed by atoms with Gasteiger partial charge in [0.05, 0.1) is 5.69 Å². The summed E-state index contributed by atoms with van der Waals surface area (Å²) in [4.78, 5) is 0. The first-order valence-electron chi connectivity index (χ1n) is 5.73. The number of hydrogen-bond donors (Lipinski definition) is 1. The maximum Gasteiger partial charge on any atom is 0.146 e. The van der Waals surface area contributed by atoms with Crippen molar-refractivity contribution in [2.45, 2.75) is 39.2 Å². The Kier molecular flexibility index (Phi) is 2.94. The van der Waals surface area contributed by atoms with Gasteiger partial charge in [-0.3, -0.25) is 0 Å². The molecular formula is C13H18FN. The number of nitrogens with one attached hydrogen (secondary N) is 1. The fraction of sp³-hybridized carbons (Fsp3) is 0.538.